The number of rotatable bonds is 7. The molecule has 1 fully saturated rings. The van der Waals surface area contributed by atoms with Gasteiger partial charge in [-0.3, -0.25) is 14.5 Å². The van der Waals surface area contributed by atoms with Gasteiger partial charge in [-0.2, -0.15) is 0 Å². The quantitative estimate of drug-likeness (QED) is 0.225. The fraction of sp³-hybridized carbons (Fsp3) is 0.241. The molecule has 1 saturated heterocycles. The second-order valence-corrected chi connectivity index (χ2v) is 9.17. The minimum Gasteiger partial charge on any atom is -0.507 e. The summed E-state index contributed by atoms with van der Waals surface area (Å²) in [4.78, 5) is 28.1. The Kier molecular flexibility index (Phi) is 7.36. The molecule has 186 valence electrons. The minimum atomic E-state index is -0.841. The molecule has 1 aliphatic heterocycles. The number of nitrogens with zero attached hydrogens (tertiary/aromatic N) is 1. The lowest BCUT2D eigenvalue weighted by Crippen LogP contribution is -2.29. The number of benzene rings is 3. The van der Waals surface area contributed by atoms with E-state index in [0.29, 0.717) is 40.8 Å². The molecule has 0 saturated carbocycles. The number of ketones is 1. The summed E-state index contributed by atoms with van der Waals surface area (Å²) < 4.78 is 10.8. The maximum absolute atomic E-state index is 13.4. The molecule has 0 aliphatic carbocycles. The van der Waals surface area contributed by atoms with Crippen molar-refractivity contribution in [2.75, 3.05) is 18.6 Å². The van der Waals surface area contributed by atoms with E-state index in [1.165, 1.54) is 18.1 Å². The van der Waals surface area contributed by atoms with Crippen LogP contribution in [0.15, 0.2) is 72.3 Å². The maximum atomic E-state index is 13.4. The number of aliphatic hydroxyl groups is 1. The number of hydrogen-bond donors (Lipinski definition) is 1. The average Bonchev–Trinajstić information content (AvgIpc) is 3.14. The number of amides is 1. The number of aliphatic hydroxyl groups excluding tert-OH is 1. The van der Waals surface area contributed by atoms with Gasteiger partial charge in [-0.15, -0.1) is 0 Å². The number of Topliss-reactive ketones (excluding diaryl/α,β-unsaturated/α-hetero) is 1. The molecule has 6 nitrogen and oxygen atoms in total. The molecule has 7 heteroatoms. The highest BCUT2D eigenvalue weighted by atomic mass is 35.5. The summed E-state index contributed by atoms with van der Waals surface area (Å²) in [7, 11) is 1.49. The van der Waals surface area contributed by atoms with E-state index in [-0.39, 0.29) is 16.4 Å². The molecular formula is C29H28ClNO5. The second-order valence-electron chi connectivity index (χ2n) is 8.77. The molecule has 1 heterocycles. The summed E-state index contributed by atoms with van der Waals surface area (Å²) in [6.45, 7) is 6.57. The standard InChI is InChI=1S/C29H28ClNO5/c1-5-36-22-13-8-19(9-14-22)26-25(27(32)20-10-15-24(35-4)23(30)16-20)28(33)29(34)31(26)21-11-6-18(7-12-21)17(2)3/h6-17,26,32H,5H2,1-4H3/b27-25-. The summed E-state index contributed by atoms with van der Waals surface area (Å²) in [5.74, 6) is -0.378. The molecule has 0 bridgehead atoms. The van der Waals surface area contributed by atoms with Crippen LogP contribution in [0.2, 0.25) is 5.02 Å². The van der Waals surface area contributed by atoms with E-state index in [1.807, 2.05) is 31.2 Å². The van der Waals surface area contributed by atoms with E-state index >= 15 is 0 Å². The Labute approximate surface area is 215 Å². The number of halogens is 1. The SMILES string of the molecule is CCOc1ccc(C2/C(=C(/O)c3ccc(OC)c(Cl)c3)C(=O)C(=O)N2c2ccc(C(C)C)cc2)cc1. The molecule has 1 unspecified atom stereocenters. The van der Waals surface area contributed by atoms with Crippen LogP contribution in [0, 0.1) is 0 Å². The van der Waals surface area contributed by atoms with Crippen molar-refractivity contribution in [3.63, 3.8) is 0 Å². The van der Waals surface area contributed by atoms with E-state index < -0.39 is 17.7 Å². The van der Waals surface area contributed by atoms with Gasteiger partial charge >= 0.3 is 0 Å². The minimum absolute atomic E-state index is 0.0154. The van der Waals surface area contributed by atoms with Gasteiger partial charge < -0.3 is 14.6 Å². The Bertz CT molecular complexity index is 1310. The highest BCUT2D eigenvalue weighted by molar-refractivity contribution is 6.51. The van der Waals surface area contributed by atoms with Crippen LogP contribution in [0.3, 0.4) is 0 Å². The highest BCUT2D eigenvalue weighted by Gasteiger charge is 2.47. The molecule has 0 spiro atoms. The molecule has 3 aromatic carbocycles. The zero-order valence-electron chi connectivity index (χ0n) is 20.6. The third-order valence-corrected chi connectivity index (χ3v) is 6.51. The fourth-order valence-corrected chi connectivity index (χ4v) is 4.57. The predicted molar refractivity (Wildman–Crippen MR) is 141 cm³/mol. The van der Waals surface area contributed by atoms with Crippen molar-refractivity contribution in [3.8, 4) is 11.5 Å². The van der Waals surface area contributed by atoms with E-state index in [1.54, 1.807) is 36.4 Å². The molecule has 1 N–H and O–H groups in total. The Morgan fingerprint density at radius 1 is 1.03 bits per heavy atom. The first-order valence-electron chi connectivity index (χ1n) is 11.7. The van der Waals surface area contributed by atoms with Crippen LogP contribution < -0.4 is 14.4 Å². The molecule has 1 amide bonds. The number of anilines is 1. The summed E-state index contributed by atoms with van der Waals surface area (Å²) in [5.41, 5.74) is 2.63. The van der Waals surface area contributed by atoms with Crippen molar-refractivity contribution in [2.24, 2.45) is 0 Å². The summed E-state index contributed by atoms with van der Waals surface area (Å²) in [5, 5.41) is 11.6. The van der Waals surface area contributed by atoms with Gasteiger partial charge in [-0.1, -0.05) is 49.7 Å². The van der Waals surface area contributed by atoms with Gasteiger partial charge in [0, 0.05) is 11.3 Å². The van der Waals surface area contributed by atoms with Crippen LogP contribution in [0.4, 0.5) is 5.69 Å². The number of carbonyl (C=O) groups excluding carboxylic acids is 2. The predicted octanol–water partition coefficient (Wildman–Crippen LogP) is 6.50. The van der Waals surface area contributed by atoms with Crippen LogP contribution in [-0.4, -0.2) is 30.5 Å². The van der Waals surface area contributed by atoms with Crippen molar-refractivity contribution < 1.29 is 24.2 Å². The summed E-state index contributed by atoms with van der Waals surface area (Å²) in [6, 6.07) is 18.6. The molecule has 0 aromatic heterocycles. The van der Waals surface area contributed by atoms with Crippen molar-refractivity contribution in [2.45, 2.75) is 32.7 Å². The number of methoxy groups -OCH3 is 1. The van der Waals surface area contributed by atoms with Gasteiger partial charge in [0.1, 0.15) is 17.3 Å². The first-order valence-corrected chi connectivity index (χ1v) is 12.1. The van der Waals surface area contributed by atoms with Gasteiger partial charge in [0.25, 0.3) is 11.7 Å². The highest BCUT2D eigenvalue weighted by Crippen LogP contribution is 2.43. The Hall–Kier alpha value is -3.77. The van der Waals surface area contributed by atoms with Crippen LogP contribution in [0.1, 0.15) is 49.4 Å². The lowest BCUT2D eigenvalue weighted by atomic mass is 9.95. The van der Waals surface area contributed by atoms with Gasteiger partial charge in [0.15, 0.2) is 0 Å². The molecule has 1 aliphatic rings. The molecule has 36 heavy (non-hydrogen) atoms. The number of ether oxygens (including phenoxy) is 2. The fourth-order valence-electron chi connectivity index (χ4n) is 4.32. The summed E-state index contributed by atoms with van der Waals surface area (Å²) in [6.07, 6.45) is 0. The van der Waals surface area contributed by atoms with Crippen molar-refractivity contribution in [1.82, 2.24) is 0 Å². The molecule has 3 aromatic rings. The lowest BCUT2D eigenvalue weighted by Gasteiger charge is -2.26. The van der Waals surface area contributed by atoms with Crippen LogP contribution in [-0.2, 0) is 9.59 Å². The Balaban J connectivity index is 1.88. The summed E-state index contributed by atoms with van der Waals surface area (Å²) >= 11 is 6.28. The first kappa shape index (κ1) is 25.3. The number of hydrogen-bond acceptors (Lipinski definition) is 5. The van der Waals surface area contributed by atoms with E-state index in [9.17, 15) is 14.7 Å². The van der Waals surface area contributed by atoms with Gasteiger partial charge in [0.05, 0.1) is 30.4 Å². The van der Waals surface area contributed by atoms with Crippen molar-refractivity contribution in [3.05, 3.63) is 94.0 Å². The zero-order valence-corrected chi connectivity index (χ0v) is 21.4. The molecule has 4 rings (SSSR count). The first-order chi connectivity index (χ1) is 17.3. The van der Waals surface area contributed by atoms with E-state index in [0.717, 1.165) is 5.56 Å². The van der Waals surface area contributed by atoms with E-state index in [2.05, 4.69) is 13.8 Å². The molecule has 0 radical (unpaired) electrons. The maximum Gasteiger partial charge on any atom is 0.300 e. The van der Waals surface area contributed by atoms with E-state index in [4.69, 9.17) is 21.1 Å². The largest absolute Gasteiger partial charge is 0.507 e. The monoisotopic (exact) mass is 505 g/mol. The van der Waals surface area contributed by atoms with Crippen molar-refractivity contribution in [1.29, 1.82) is 0 Å². The Morgan fingerprint density at radius 2 is 1.69 bits per heavy atom. The average molecular weight is 506 g/mol. The zero-order chi connectivity index (χ0) is 26.0. The topological polar surface area (TPSA) is 76.1 Å². The third-order valence-electron chi connectivity index (χ3n) is 6.21. The molecule has 1 atom stereocenters. The lowest BCUT2D eigenvalue weighted by molar-refractivity contribution is -0.132. The number of carbonyl (C=O) groups is 2. The second kappa shape index (κ2) is 10.5. The van der Waals surface area contributed by atoms with Gasteiger partial charge in [-0.05, 0) is 66.4 Å². The van der Waals surface area contributed by atoms with Gasteiger partial charge in [0.2, 0.25) is 0 Å². The van der Waals surface area contributed by atoms with Gasteiger partial charge in [-0.25, -0.2) is 0 Å². The van der Waals surface area contributed by atoms with Crippen LogP contribution in [0.25, 0.3) is 5.76 Å². The smallest absolute Gasteiger partial charge is 0.300 e. The normalized spacial score (nSPS) is 17.1. The van der Waals surface area contributed by atoms with Crippen LogP contribution in [0.5, 0.6) is 11.5 Å². The van der Waals surface area contributed by atoms with Crippen molar-refractivity contribution >= 4 is 34.7 Å². The van der Waals surface area contributed by atoms with Crippen LogP contribution >= 0.6 is 11.6 Å². The third kappa shape index (κ3) is 4.69. The molecular weight excluding hydrogens is 478 g/mol. The Morgan fingerprint density at radius 3 is 2.25 bits per heavy atom.